The molecule has 0 aliphatic rings. The van der Waals surface area contributed by atoms with Crippen LogP contribution in [0.15, 0.2) is 28.7 Å². The van der Waals surface area contributed by atoms with Crippen LogP contribution in [0.25, 0.3) is 6.08 Å². The topological polar surface area (TPSA) is 12.0 Å². The van der Waals surface area contributed by atoms with Crippen molar-refractivity contribution in [1.29, 1.82) is 0 Å². The summed E-state index contributed by atoms with van der Waals surface area (Å²) in [6.07, 6.45) is 4.15. The lowest BCUT2D eigenvalue weighted by Gasteiger charge is -2.04. The summed E-state index contributed by atoms with van der Waals surface area (Å²) < 4.78 is 1.06. The predicted molar refractivity (Wildman–Crippen MR) is 71.3 cm³/mol. The van der Waals surface area contributed by atoms with Crippen LogP contribution >= 0.6 is 27.5 Å². The molecule has 0 amide bonds. The molecule has 0 heterocycles. The average Bonchev–Trinajstić information content (AvgIpc) is 2.17. The molecule has 15 heavy (non-hydrogen) atoms. The van der Waals surface area contributed by atoms with E-state index in [0.29, 0.717) is 6.04 Å². The minimum atomic E-state index is 0.512. The molecule has 1 aromatic carbocycles. The highest BCUT2D eigenvalue weighted by Crippen LogP contribution is 2.22. The first-order chi connectivity index (χ1) is 7.09. The molecule has 0 aromatic heterocycles. The van der Waals surface area contributed by atoms with E-state index in [1.54, 1.807) is 0 Å². The van der Waals surface area contributed by atoms with Gasteiger partial charge < -0.3 is 5.32 Å². The van der Waals surface area contributed by atoms with Gasteiger partial charge in [-0.15, -0.1) is 0 Å². The zero-order chi connectivity index (χ0) is 11.3. The highest BCUT2D eigenvalue weighted by Gasteiger charge is 1.96. The number of nitrogens with one attached hydrogen (secondary N) is 1. The molecule has 1 aromatic rings. The fourth-order valence-electron chi connectivity index (χ4n) is 1.13. The third-order valence-corrected chi connectivity index (χ3v) is 2.86. The Morgan fingerprint density at radius 1 is 1.47 bits per heavy atom. The van der Waals surface area contributed by atoms with Crippen LogP contribution in [0, 0.1) is 0 Å². The van der Waals surface area contributed by atoms with Gasteiger partial charge in [-0.25, -0.2) is 0 Å². The van der Waals surface area contributed by atoms with Crippen LogP contribution in [0.1, 0.15) is 19.4 Å². The number of halogens is 2. The van der Waals surface area contributed by atoms with Crippen molar-refractivity contribution in [2.24, 2.45) is 0 Å². The molecule has 0 aliphatic heterocycles. The minimum Gasteiger partial charge on any atom is -0.311 e. The first kappa shape index (κ1) is 12.8. The zero-order valence-electron chi connectivity index (χ0n) is 8.93. The SMILES string of the molecule is CC(C)NCC=Cc1cc(Cl)ccc1Br. The quantitative estimate of drug-likeness (QED) is 0.879. The largest absolute Gasteiger partial charge is 0.311 e. The molecule has 0 atom stereocenters. The first-order valence-electron chi connectivity index (χ1n) is 4.94. The molecule has 0 saturated heterocycles. The normalized spacial score (nSPS) is 11.5. The van der Waals surface area contributed by atoms with Gasteiger partial charge in [0.1, 0.15) is 0 Å². The maximum Gasteiger partial charge on any atom is 0.0412 e. The third kappa shape index (κ3) is 4.83. The molecule has 0 bridgehead atoms. The molecular formula is C12H15BrClN. The molecule has 1 nitrogen and oxygen atoms in total. The second-order valence-corrected chi connectivity index (χ2v) is 4.92. The van der Waals surface area contributed by atoms with Gasteiger partial charge in [0.2, 0.25) is 0 Å². The maximum absolute atomic E-state index is 5.91. The fourth-order valence-corrected chi connectivity index (χ4v) is 1.69. The monoisotopic (exact) mass is 287 g/mol. The summed E-state index contributed by atoms with van der Waals surface area (Å²) in [5.74, 6) is 0. The molecule has 82 valence electrons. The van der Waals surface area contributed by atoms with Crippen LogP contribution in [-0.2, 0) is 0 Å². The number of hydrogen-bond donors (Lipinski definition) is 1. The van der Waals surface area contributed by atoms with Gasteiger partial charge in [-0.2, -0.15) is 0 Å². The summed E-state index contributed by atoms with van der Waals surface area (Å²) >= 11 is 9.39. The van der Waals surface area contributed by atoms with E-state index < -0.39 is 0 Å². The van der Waals surface area contributed by atoms with Gasteiger partial charge in [-0.1, -0.05) is 53.5 Å². The second kappa shape index (κ2) is 6.31. The fraction of sp³-hybridized carbons (Fsp3) is 0.333. The van der Waals surface area contributed by atoms with Crippen molar-refractivity contribution in [1.82, 2.24) is 5.32 Å². The van der Waals surface area contributed by atoms with Crippen molar-refractivity contribution in [3.63, 3.8) is 0 Å². The van der Waals surface area contributed by atoms with E-state index in [1.807, 2.05) is 18.2 Å². The van der Waals surface area contributed by atoms with Crippen LogP contribution in [0.4, 0.5) is 0 Å². The number of benzene rings is 1. The van der Waals surface area contributed by atoms with E-state index in [9.17, 15) is 0 Å². The molecule has 3 heteroatoms. The zero-order valence-corrected chi connectivity index (χ0v) is 11.3. The van der Waals surface area contributed by atoms with Gasteiger partial charge in [0, 0.05) is 22.1 Å². The second-order valence-electron chi connectivity index (χ2n) is 3.63. The van der Waals surface area contributed by atoms with Crippen molar-refractivity contribution in [2.75, 3.05) is 6.54 Å². The Hall–Kier alpha value is -0.310. The van der Waals surface area contributed by atoms with Crippen LogP contribution in [0.5, 0.6) is 0 Å². The summed E-state index contributed by atoms with van der Waals surface area (Å²) in [5.41, 5.74) is 1.10. The van der Waals surface area contributed by atoms with Crippen molar-refractivity contribution in [3.05, 3.63) is 39.3 Å². The third-order valence-electron chi connectivity index (χ3n) is 1.90. The summed E-state index contributed by atoms with van der Waals surface area (Å²) in [5, 5.41) is 4.07. The average molecular weight is 289 g/mol. The van der Waals surface area contributed by atoms with Crippen LogP contribution in [0.3, 0.4) is 0 Å². The molecule has 0 unspecified atom stereocenters. The van der Waals surface area contributed by atoms with Crippen molar-refractivity contribution < 1.29 is 0 Å². The highest BCUT2D eigenvalue weighted by atomic mass is 79.9. The molecular weight excluding hydrogens is 273 g/mol. The van der Waals surface area contributed by atoms with E-state index >= 15 is 0 Å². The standard InChI is InChI=1S/C12H15BrClN/c1-9(2)15-7-3-4-10-8-11(14)5-6-12(10)13/h3-6,8-9,15H,7H2,1-2H3. The van der Waals surface area contributed by atoms with Crippen molar-refractivity contribution in [2.45, 2.75) is 19.9 Å². The van der Waals surface area contributed by atoms with E-state index in [2.05, 4.69) is 47.2 Å². The Kier molecular flexibility index (Phi) is 5.37. The van der Waals surface area contributed by atoms with Crippen LogP contribution in [0.2, 0.25) is 5.02 Å². The van der Waals surface area contributed by atoms with Gasteiger partial charge in [0.05, 0.1) is 0 Å². The molecule has 0 radical (unpaired) electrons. The van der Waals surface area contributed by atoms with Gasteiger partial charge in [-0.3, -0.25) is 0 Å². The Morgan fingerprint density at radius 3 is 2.87 bits per heavy atom. The predicted octanol–water partition coefficient (Wildman–Crippen LogP) is 4.11. The van der Waals surface area contributed by atoms with Gasteiger partial charge in [-0.05, 0) is 23.8 Å². The Labute approximate surface area is 105 Å². The lowest BCUT2D eigenvalue weighted by molar-refractivity contribution is 0.633. The highest BCUT2D eigenvalue weighted by molar-refractivity contribution is 9.10. The van der Waals surface area contributed by atoms with Crippen LogP contribution < -0.4 is 5.32 Å². The van der Waals surface area contributed by atoms with Crippen LogP contribution in [-0.4, -0.2) is 12.6 Å². The van der Waals surface area contributed by atoms with E-state index in [1.165, 1.54) is 0 Å². The summed E-state index contributed by atoms with van der Waals surface area (Å²) in [4.78, 5) is 0. The summed E-state index contributed by atoms with van der Waals surface area (Å²) in [7, 11) is 0. The summed E-state index contributed by atoms with van der Waals surface area (Å²) in [6.45, 7) is 5.13. The smallest absolute Gasteiger partial charge is 0.0412 e. The van der Waals surface area contributed by atoms with E-state index in [-0.39, 0.29) is 0 Å². The maximum atomic E-state index is 5.91. The number of rotatable bonds is 4. The van der Waals surface area contributed by atoms with Gasteiger partial charge in [0.25, 0.3) is 0 Å². The summed E-state index contributed by atoms with van der Waals surface area (Å²) in [6, 6.07) is 6.28. The Morgan fingerprint density at radius 2 is 2.20 bits per heavy atom. The lowest BCUT2D eigenvalue weighted by Crippen LogP contribution is -2.22. The van der Waals surface area contributed by atoms with Crippen molar-refractivity contribution >= 4 is 33.6 Å². The van der Waals surface area contributed by atoms with E-state index in [4.69, 9.17) is 11.6 Å². The molecule has 1 rings (SSSR count). The number of hydrogen-bond acceptors (Lipinski definition) is 1. The minimum absolute atomic E-state index is 0.512. The lowest BCUT2D eigenvalue weighted by atomic mass is 10.2. The molecule has 1 N–H and O–H groups in total. The van der Waals surface area contributed by atoms with Gasteiger partial charge in [0.15, 0.2) is 0 Å². The Balaban J connectivity index is 2.59. The van der Waals surface area contributed by atoms with Gasteiger partial charge >= 0.3 is 0 Å². The molecule has 0 saturated carbocycles. The van der Waals surface area contributed by atoms with E-state index in [0.717, 1.165) is 21.6 Å². The first-order valence-corrected chi connectivity index (χ1v) is 6.11. The Bertz CT molecular complexity index is 347. The molecule has 0 fully saturated rings. The van der Waals surface area contributed by atoms with Crippen molar-refractivity contribution in [3.8, 4) is 0 Å². The molecule has 0 aliphatic carbocycles. The molecule has 0 spiro atoms.